The van der Waals surface area contributed by atoms with Crippen molar-refractivity contribution in [2.45, 2.75) is 0 Å². The van der Waals surface area contributed by atoms with Crippen LogP contribution in [0.25, 0.3) is 10.8 Å². The number of esters is 2. The Bertz CT molecular complexity index is 964. The van der Waals surface area contributed by atoms with Gasteiger partial charge in [0.05, 0.1) is 14.7 Å². The van der Waals surface area contributed by atoms with E-state index in [0.29, 0.717) is 28.0 Å². The minimum atomic E-state index is -0.625. The first-order chi connectivity index (χ1) is 11.1. The summed E-state index contributed by atoms with van der Waals surface area (Å²) in [7, 11) is 0. The highest BCUT2D eigenvalue weighted by molar-refractivity contribution is 14.1. The number of hydrogen-bond donors (Lipinski definition) is 0. The van der Waals surface area contributed by atoms with E-state index in [4.69, 9.17) is 9.47 Å². The Labute approximate surface area is 145 Å². The molecule has 1 aliphatic heterocycles. The summed E-state index contributed by atoms with van der Waals surface area (Å²) >= 11 is 2.12. The van der Waals surface area contributed by atoms with E-state index in [-0.39, 0.29) is 0 Å². The Kier molecular flexibility index (Phi) is 3.30. The van der Waals surface area contributed by atoms with Crippen molar-refractivity contribution in [3.63, 3.8) is 0 Å². The van der Waals surface area contributed by atoms with E-state index < -0.39 is 11.9 Å². The van der Waals surface area contributed by atoms with E-state index in [1.54, 1.807) is 18.2 Å². The average molecular weight is 416 g/mol. The first kappa shape index (κ1) is 14.2. The van der Waals surface area contributed by atoms with Crippen LogP contribution in [0.5, 0.6) is 11.5 Å². The van der Waals surface area contributed by atoms with Gasteiger partial charge in [-0.05, 0) is 46.9 Å². The lowest BCUT2D eigenvalue weighted by Gasteiger charge is -2.19. The zero-order valence-electron chi connectivity index (χ0n) is 11.7. The fourth-order valence-electron chi connectivity index (χ4n) is 2.66. The lowest BCUT2D eigenvalue weighted by atomic mass is 9.96. The van der Waals surface area contributed by atoms with Crippen LogP contribution in [0.15, 0.2) is 54.6 Å². The second-order valence-electron chi connectivity index (χ2n) is 5.06. The lowest BCUT2D eigenvalue weighted by Crippen LogP contribution is -2.20. The molecule has 1 aliphatic rings. The molecule has 1 heterocycles. The average Bonchev–Trinajstić information content (AvgIpc) is 2.56. The molecule has 3 aromatic carbocycles. The van der Waals surface area contributed by atoms with Crippen LogP contribution >= 0.6 is 22.6 Å². The Hall–Kier alpha value is -2.41. The van der Waals surface area contributed by atoms with Crippen LogP contribution in [-0.2, 0) is 4.74 Å². The number of halogens is 1. The number of hydrogen-bond acceptors (Lipinski definition) is 4. The zero-order valence-corrected chi connectivity index (χ0v) is 13.9. The SMILES string of the molecule is O=C1OC(=O)c2cc(I)c(Oc3ccccc3)c3cccc1c23. The lowest BCUT2D eigenvalue weighted by molar-refractivity contribution is 0.0391. The van der Waals surface area contributed by atoms with E-state index in [1.165, 1.54) is 0 Å². The molecule has 23 heavy (non-hydrogen) atoms. The Balaban J connectivity index is 2.01. The number of ether oxygens (including phenoxy) is 2. The van der Waals surface area contributed by atoms with Gasteiger partial charge in [-0.25, -0.2) is 9.59 Å². The van der Waals surface area contributed by atoms with Crippen LogP contribution in [0.1, 0.15) is 20.7 Å². The maximum Gasteiger partial charge on any atom is 0.346 e. The summed E-state index contributed by atoms with van der Waals surface area (Å²) in [6.45, 7) is 0. The van der Waals surface area contributed by atoms with Crippen LogP contribution in [-0.4, -0.2) is 11.9 Å². The van der Waals surface area contributed by atoms with Crippen molar-refractivity contribution in [1.29, 1.82) is 0 Å². The highest BCUT2D eigenvalue weighted by atomic mass is 127. The Morgan fingerprint density at radius 2 is 1.61 bits per heavy atom. The Morgan fingerprint density at radius 3 is 2.39 bits per heavy atom. The van der Waals surface area contributed by atoms with E-state index in [1.807, 2.05) is 36.4 Å². The largest absolute Gasteiger partial charge is 0.456 e. The molecule has 0 saturated heterocycles. The number of rotatable bonds is 2. The predicted molar refractivity (Wildman–Crippen MR) is 92.9 cm³/mol. The molecule has 0 bridgehead atoms. The van der Waals surface area contributed by atoms with Crippen molar-refractivity contribution in [3.8, 4) is 11.5 Å². The normalized spacial score (nSPS) is 13.1. The first-order valence-electron chi connectivity index (χ1n) is 6.90. The van der Waals surface area contributed by atoms with E-state index >= 15 is 0 Å². The summed E-state index contributed by atoms with van der Waals surface area (Å²) < 4.78 is 11.6. The molecule has 112 valence electrons. The molecule has 0 aromatic heterocycles. The molecule has 3 aromatic rings. The molecule has 0 N–H and O–H groups in total. The van der Waals surface area contributed by atoms with E-state index in [0.717, 1.165) is 8.96 Å². The molecular weight excluding hydrogens is 407 g/mol. The topological polar surface area (TPSA) is 52.6 Å². The summed E-state index contributed by atoms with van der Waals surface area (Å²) in [5.74, 6) is 0.0681. The van der Waals surface area contributed by atoms with Gasteiger partial charge in [-0.15, -0.1) is 0 Å². The third-order valence-corrected chi connectivity index (χ3v) is 4.46. The third-order valence-electron chi connectivity index (χ3n) is 3.65. The second-order valence-corrected chi connectivity index (χ2v) is 6.22. The van der Waals surface area contributed by atoms with Gasteiger partial charge in [0, 0.05) is 10.8 Å². The van der Waals surface area contributed by atoms with Crippen molar-refractivity contribution in [2.75, 3.05) is 0 Å². The van der Waals surface area contributed by atoms with Gasteiger partial charge in [0.25, 0.3) is 0 Å². The van der Waals surface area contributed by atoms with Crippen molar-refractivity contribution in [2.24, 2.45) is 0 Å². The maximum atomic E-state index is 12.0. The minimum Gasteiger partial charge on any atom is -0.456 e. The molecular formula is C18H9IO4. The highest BCUT2D eigenvalue weighted by Gasteiger charge is 2.29. The van der Waals surface area contributed by atoms with Gasteiger partial charge in [-0.1, -0.05) is 30.3 Å². The number of benzene rings is 3. The fraction of sp³-hybridized carbons (Fsp3) is 0. The van der Waals surface area contributed by atoms with E-state index in [9.17, 15) is 9.59 Å². The molecule has 0 spiro atoms. The molecule has 0 unspecified atom stereocenters. The van der Waals surface area contributed by atoms with Gasteiger partial charge in [-0.3, -0.25) is 0 Å². The monoisotopic (exact) mass is 416 g/mol. The molecule has 0 radical (unpaired) electrons. The van der Waals surface area contributed by atoms with Crippen LogP contribution in [0.3, 0.4) is 0 Å². The van der Waals surface area contributed by atoms with Crippen molar-refractivity contribution < 1.29 is 19.1 Å². The number of carbonyl (C=O) groups is 2. The van der Waals surface area contributed by atoms with Gasteiger partial charge in [0.2, 0.25) is 0 Å². The van der Waals surface area contributed by atoms with Gasteiger partial charge in [0.1, 0.15) is 11.5 Å². The highest BCUT2D eigenvalue weighted by Crippen LogP contribution is 2.39. The van der Waals surface area contributed by atoms with Gasteiger partial charge in [0.15, 0.2) is 0 Å². The molecule has 0 aliphatic carbocycles. The number of para-hydroxylation sites is 1. The quantitative estimate of drug-likeness (QED) is 0.350. The standard InChI is InChI=1S/C18H9IO4/c19-14-9-13-15-11(16(14)22-10-5-2-1-3-6-10)7-4-8-12(15)17(20)23-18(13)21/h1-9H. The van der Waals surface area contributed by atoms with Gasteiger partial charge < -0.3 is 9.47 Å². The van der Waals surface area contributed by atoms with Gasteiger partial charge >= 0.3 is 11.9 Å². The van der Waals surface area contributed by atoms with Gasteiger partial charge in [-0.2, -0.15) is 0 Å². The number of cyclic esters (lactones) is 2. The molecule has 0 fully saturated rings. The molecule has 0 saturated carbocycles. The molecule has 4 nitrogen and oxygen atoms in total. The summed E-state index contributed by atoms with van der Waals surface area (Å²) in [4.78, 5) is 24.0. The van der Waals surface area contributed by atoms with Crippen LogP contribution in [0, 0.1) is 3.57 Å². The first-order valence-corrected chi connectivity index (χ1v) is 7.97. The van der Waals surface area contributed by atoms with Crippen LogP contribution in [0.4, 0.5) is 0 Å². The van der Waals surface area contributed by atoms with Crippen LogP contribution < -0.4 is 4.74 Å². The Morgan fingerprint density at radius 1 is 0.870 bits per heavy atom. The van der Waals surface area contributed by atoms with E-state index in [2.05, 4.69) is 22.6 Å². The third kappa shape index (κ3) is 2.28. The summed E-state index contributed by atoms with van der Waals surface area (Å²) in [5, 5.41) is 1.30. The predicted octanol–water partition coefficient (Wildman–Crippen LogP) is 4.55. The van der Waals surface area contributed by atoms with Crippen LogP contribution in [0.2, 0.25) is 0 Å². The van der Waals surface area contributed by atoms with Crippen molar-refractivity contribution in [1.82, 2.24) is 0 Å². The van der Waals surface area contributed by atoms with Crippen molar-refractivity contribution >= 4 is 45.3 Å². The fourth-order valence-corrected chi connectivity index (χ4v) is 3.37. The summed E-state index contributed by atoms with van der Waals surface area (Å²) in [6.07, 6.45) is 0. The molecule has 0 atom stereocenters. The molecule has 4 rings (SSSR count). The molecule has 5 heteroatoms. The summed E-state index contributed by atoms with van der Waals surface area (Å²) in [6, 6.07) is 16.3. The second kappa shape index (κ2) is 5.34. The minimum absolute atomic E-state index is 0.381. The number of carbonyl (C=O) groups excluding carboxylic acids is 2. The maximum absolute atomic E-state index is 12.0. The van der Waals surface area contributed by atoms with Crippen molar-refractivity contribution in [3.05, 3.63) is 69.3 Å². The molecule has 0 amide bonds. The zero-order chi connectivity index (χ0) is 16.0. The smallest absolute Gasteiger partial charge is 0.346 e. The summed E-state index contributed by atoms with van der Waals surface area (Å²) in [5.41, 5.74) is 0.770.